The first-order valence-electron chi connectivity index (χ1n) is 5.56. The molecule has 0 spiro atoms. The third-order valence-electron chi connectivity index (χ3n) is 2.26. The monoisotopic (exact) mass is 217 g/mol. The standard InChI is InChI=1S/C13H15NO2/c1-9(2)15-12-5-6-13(10(7-12)8-14)16-11-3-4-11/h5-7,9,11H,3-4H2,1-2H3. The van der Waals surface area contributed by atoms with Crippen LogP contribution in [0.15, 0.2) is 18.2 Å². The van der Waals surface area contributed by atoms with E-state index in [4.69, 9.17) is 14.7 Å². The summed E-state index contributed by atoms with van der Waals surface area (Å²) < 4.78 is 11.2. The van der Waals surface area contributed by atoms with Crippen LogP contribution in [0.3, 0.4) is 0 Å². The Kier molecular flexibility index (Phi) is 3.00. The predicted molar refractivity (Wildman–Crippen MR) is 60.6 cm³/mol. The van der Waals surface area contributed by atoms with Crippen molar-refractivity contribution < 1.29 is 9.47 Å². The molecule has 1 aliphatic rings. The third-order valence-corrected chi connectivity index (χ3v) is 2.26. The lowest BCUT2D eigenvalue weighted by atomic mass is 10.2. The molecule has 1 aromatic carbocycles. The molecule has 16 heavy (non-hydrogen) atoms. The van der Waals surface area contributed by atoms with Crippen molar-refractivity contribution >= 4 is 0 Å². The maximum Gasteiger partial charge on any atom is 0.137 e. The third kappa shape index (κ3) is 2.66. The SMILES string of the molecule is CC(C)Oc1ccc(OC2CC2)c(C#N)c1. The van der Waals surface area contributed by atoms with Gasteiger partial charge in [-0.3, -0.25) is 0 Å². The molecule has 0 unspecified atom stereocenters. The summed E-state index contributed by atoms with van der Waals surface area (Å²) in [4.78, 5) is 0. The average molecular weight is 217 g/mol. The van der Waals surface area contributed by atoms with E-state index >= 15 is 0 Å². The Balaban J connectivity index is 2.17. The second-order valence-electron chi connectivity index (χ2n) is 4.25. The van der Waals surface area contributed by atoms with Crippen LogP contribution in [-0.4, -0.2) is 12.2 Å². The fourth-order valence-corrected chi connectivity index (χ4v) is 1.41. The van der Waals surface area contributed by atoms with Crippen molar-refractivity contribution in [1.29, 1.82) is 5.26 Å². The van der Waals surface area contributed by atoms with Gasteiger partial charge in [-0.2, -0.15) is 5.26 Å². The molecule has 1 aromatic rings. The van der Waals surface area contributed by atoms with Crippen LogP contribution >= 0.6 is 0 Å². The lowest BCUT2D eigenvalue weighted by Gasteiger charge is -2.12. The Morgan fingerprint density at radius 2 is 2.12 bits per heavy atom. The number of benzene rings is 1. The largest absolute Gasteiger partial charge is 0.491 e. The second kappa shape index (κ2) is 4.44. The first-order valence-corrected chi connectivity index (χ1v) is 5.56. The van der Waals surface area contributed by atoms with E-state index in [2.05, 4.69) is 6.07 Å². The van der Waals surface area contributed by atoms with E-state index in [0.717, 1.165) is 18.6 Å². The van der Waals surface area contributed by atoms with Gasteiger partial charge in [0.05, 0.1) is 17.8 Å². The van der Waals surface area contributed by atoms with E-state index in [1.807, 2.05) is 26.0 Å². The maximum absolute atomic E-state index is 9.02. The molecule has 0 aromatic heterocycles. The number of nitrogens with zero attached hydrogens (tertiary/aromatic N) is 1. The molecular formula is C13H15NO2. The molecule has 0 bridgehead atoms. The predicted octanol–water partition coefficient (Wildman–Crippen LogP) is 2.89. The molecule has 0 amide bonds. The Morgan fingerprint density at radius 3 is 2.69 bits per heavy atom. The molecule has 0 heterocycles. The lowest BCUT2D eigenvalue weighted by molar-refractivity contribution is 0.241. The van der Waals surface area contributed by atoms with Gasteiger partial charge in [-0.05, 0) is 38.8 Å². The van der Waals surface area contributed by atoms with E-state index in [9.17, 15) is 0 Å². The summed E-state index contributed by atoms with van der Waals surface area (Å²) >= 11 is 0. The van der Waals surface area contributed by atoms with Gasteiger partial charge in [-0.15, -0.1) is 0 Å². The molecular weight excluding hydrogens is 202 g/mol. The summed E-state index contributed by atoms with van der Waals surface area (Å²) in [7, 11) is 0. The number of nitriles is 1. The highest BCUT2D eigenvalue weighted by Gasteiger charge is 2.24. The highest BCUT2D eigenvalue weighted by molar-refractivity contribution is 5.47. The Hall–Kier alpha value is -1.69. The molecule has 1 aliphatic carbocycles. The number of hydrogen-bond donors (Lipinski definition) is 0. The molecule has 2 rings (SSSR count). The van der Waals surface area contributed by atoms with Crippen molar-refractivity contribution in [1.82, 2.24) is 0 Å². The second-order valence-corrected chi connectivity index (χ2v) is 4.25. The van der Waals surface area contributed by atoms with E-state index in [1.165, 1.54) is 0 Å². The quantitative estimate of drug-likeness (QED) is 0.778. The molecule has 3 nitrogen and oxygen atoms in total. The summed E-state index contributed by atoms with van der Waals surface area (Å²) in [6.07, 6.45) is 2.61. The minimum Gasteiger partial charge on any atom is -0.491 e. The van der Waals surface area contributed by atoms with Gasteiger partial charge in [0.2, 0.25) is 0 Å². The first kappa shape index (κ1) is 10.8. The van der Waals surface area contributed by atoms with Gasteiger partial charge in [0.25, 0.3) is 0 Å². The Labute approximate surface area is 95.6 Å². The maximum atomic E-state index is 9.02. The number of rotatable bonds is 4. The van der Waals surface area contributed by atoms with E-state index in [0.29, 0.717) is 17.4 Å². The minimum atomic E-state index is 0.113. The Morgan fingerprint density at radius 1 is 1.38 bits per heavy atom. The van der Waals surface area contributed by atoms with Crippen molar-refractivity contribution in [3.63, 3.8) is 0 Å². The molecule has 0 aliphatic heterocycles. The Bertz CT molecular complexity index is 416. The van der Waals surface area contributed by atoms with Gasteiger partial charge < -0.3 is 9.47 Å². The van der Waals surface area contributed by atoms with Crippen molar-refractivity contribution in [3.8, 4) is 17.6 Å². The molecule has 1 saturated carbocycles. The zero-order chi connectivity index (χ0) is 11.5. The van der Waals surface area contributed by atoms with Crippen molar-refractivity contribution in [2.45, 2.75) is 38.9 Å². The summed E-state index contributed by atoms with van der Waals surface area (Å²) in [5.74, 6) is 1.39. The number of hydrogen-bond acceptors (Lipinski definition) is 3. The van der Waals surface area contributed by atoms with Gasteiger partial charge in [0.15, 0.2) is 0 Å². The van der Waals surface area contributed by atoms with Crippen LogP contribution in [0.4, 0.5) is 0 Å². The van der Waals surface area contributed by atoms with E-state index in [-0.39, 0.29) is 6.10 Å². The van der Waals surface area contributed by atoms with Crippen LogP contribution in [0.2, 0.25) is 0 Å². The summed E-state index contributed by atoms with van der Waals surface area (Å²) in [6.45, 7) is 3.92. The minimum absolute atomic E-state index is 0.113. The van der Waals surface area contributed by atoms with Crippen LogP contribution in [0.1, 0.15) is 32.3 Å². The first-order chi connectivity index (χ1) is 7.69. The van der Waals surface area contributed by atoms with Crippen LogP contribution in [0, 0.1) is 11.3 Å². The van der Waals surface area contributed by atoms with E-state index in [1.54, 1.807) is 6.07 Å². The highest BCUT2D eigenvalue weighted by atomic mass is 16.5. The zero-order valence-corrected chi connectivity index (χ0v) is 9.56. The van der Waals surface area contributed by atoms with Gasteiger partial charge in [0.1, 0.15) is 17.6 Å². The van der Waals surface area contributed by atoms with Gasteiger partial charge in [0, 0.05) is 6.07 Å². The van der Waals surface area contributed by atoms with Crippen molar-refractivity contribution in [2.75, 3.05) is 0 Å². The molecule has 84 valence electrons. The average Bonchev–Trinajstić information content (AvgIpc) is 3.03. The summed E-state index contributed by atoms with van der Waals surface area (Å²) in [5, 5.41) is 9.02. The smallest absolute Gasteiger partial charge is 0.137 e. The normalized spacial score (nSPS) is 14.6. The molecule has 3 heteroatoms. The molecule has 0 saturated heterocycles. The van der Waals surface area contributed by atoms with E-state index < -0.39 is 0 Å². The highest BCUT2D eigenvalue weighted by Crippen LogP contribution is 2.31. The summed E-state index contributed by atoms with van der Waals surface area (Å²) in [5.41, 5.74) is 0.546. The molecule has 1 fully saturated rings. The van der Waals surface area contributed by atoms with Crippen LogP contribution in [0.25, 0.3) is 0 Å². The molecule has 0 radical (unpaired) electrons. The zero-order valence-electron chi connectivity index (χ0n) is 9.56. The van der Waals surface area contributed by atoms with Crippen molar-refractivity contribution in [3.05, 3.63) is 23.8 Å². The van der Waals surface area contributed by atoms with Gasteiger partial charge >= 0.3 is 0 Å². The lowest BCUT2D eigenvalue weighted by Crippen LogP contribution is -2.06. The van der Waals surface area contributed by atoms with Gasteiger partial charge in [-0.1, -0.05) is 0 Å². The summed E-state index contributed by atoms with van der Waals surface area (Å²) in [6, 6.07) is 7.53. The van der Waals surface area contributed by atoms with Crippen LogP contribution in [0.5, 0.6) is 11.5 Å². The fraction of sp³-hybridized carbons (Fsp3) is 0.462. The van der Waals surface area contributed by atoms with Gasteiger partial charge in [-0.25, -0.2) is 0 Å². The van der Waals surface area contributed by atoms with Crippen molar-refractivity contribution in [2.24, 2.45) is 0 Å². The topological polar surface area (TPSA) is 42.2 Å². The molecule has 0 atom stereocenters. The fourth-order valence-electron chi connectivity index (χ4n) is 1.41. The molecule has 0 N–H and O–H groups in total. The van der Waals surface area contributed by atoms with Crippen LogP contribution < -0.4 is 9.47 Å². The number of ether oxygens (including phenoxy) is 2. The van der Waals surface area contributed by atoms with Crippen LogP contribution in [-0.2, 0) is 0 Å².